The van der Waals surface area contributed by atoms with E-state index in [1.54, 1.807) is 6.20 Å². The fourth-order valence-corrected chi connectivity index (χ4v) is 6.17. The molecule has 5 rings (SSSR count). The largest absolute Gasteiger partial charge is 0.394 e. The van der Waals surface area contributed by atoms with Crippen LogP contribution >= 0.6 is 0 Å². The second-order valence-electron chi connectivity index (χ2n) is 10.7. The maximum absolute atomic E-state index is 13.9. The summed E-state index contributed by atoms with van der Waals surface area (Å²) >= 11 is 0. The van der Waals surface area contributed by atoms with Gasteiger partial charge >= 0.3 is 0 Å². The van der Waals surface area contributed by atoms with Crippen LogP contribution in [0.4, 0.5) is 11.6 Å². The lowest BCUT2D eigenvalue weighted by atomic mass is 9.84. The van der Waals surface area contributed by atoms with E-state index in [9.17, 15) is 9.90 Å². The lowest BCUT2D eigenvalue weighted by Crippen LogP contribution is -2.56. The minimum atomic E-state index is -0.209. The van der Waals surface area contributed by atoms with Crippen molar-refractivity contribution in [3.05, 3.63) is 76.6 Å². The van der Waals surface area contributed by atoms with E-state index in [0.717, 1.165) is 60.7 Å². The SMILES string of the molecule is Cc1cc(C)c(C(=O)N2CCN(c3cccnn3)[C@H](CO)C2)c(C)c1CC1CCN(c2ccccn2)CC1. The number of carbonyl (C=O) groups is 1. The first kappa shape index (κ1) is 26.1. The Labute approximate surface area is 225 Å². The number of piperazine rings is 1. The van der Waals surface area contributed by atoms with Crippen molar-refractivity contribution in [2.45, 2.75) is 46.1 Å². The summed E-state index contributed by atoms with van der Waals surface area (Å²) in [6.45, 7) is 9.96. The number of aliphatic hydroxyl groups excluding tert-OH is 1. The van der Waals surface area contributed by atoms with Crippen molar-refractivity contribution in [3.63, 3.8) is 0 Å². The number of aromatic nitrogens is 3. The molecule has 1 amide bonds. The van der Waals surface area contributed by atoms with Gasteiger partial charge in [-0.1, -0.05) is 12.1 Å². The van der Waals surface area contributed by atoms with Gasteiger partial charge in [-0.15, -0.1) is 5.10 Å². The number of rotatable bonds is 6. The fourth-order valence-electron chi connectivity index (χ4n) is 6.17. The van der Waals surface area contributed by atoms with Gasteiger partial charge in [-0.25, -0.2) is 4.98 Å². The second kappa shape index (κ2) is 11.5. The molecule has 0 unspecified atom stereocenters. The third-order valence-corrected chi connectivity index (χ3v) is 8.26. The van der Waals surface area contributed by atoms with Crippen molar-refractivity contribution in [1.82, 2.24) is 20.1 Å². The lowest BCUT2D eigenvalue weighted by molar-refractivity contribution is 0.0697. The molecule has 1 atom stereocenters. The highest BCUT2D eigenvalue weighted by Crippen LogP contribution is 2.31. The van der Waals surface area contributed by atoms with Crippen LogP contribution in [0.25, 0.3) is 0 Å². The first-order valence-electron chi connectivity index (χ1n) is 13.7. The predicted molar refractivity (Wildman–Crippen MR) is 150 cm³/mol. The van der Waals surface area contributed by atoms with E-state index in [1.807, 2.05) is 47.2 Å². The smallest absolute Gasteiger partial charge is 0.254 e. The molecule has 2 aliphatic rings. The first-order chi connectivity index (χ1) is 18.5. The molecule has 38 heavy (non-hydrogen) atoms. The number of amides is 1. The van der Waals surface area contributed by atoms with Gasteiger partial charge in [-0.05, 0) is 92.5 Å². The summed E-state index contributed by atoms with van der Waals surface area (Å²) in [6.07, 6.45) is 6.73. The topological polar surface area (TPSA) is 85.7 Å². The van der Waals surface area contributed by atoms with E-state index in [0.29, 0.717) is 25.6 Å². The highest BCUT2D eigenvalue weighted by molar-refractivity contribution is 5.97. The molecule has 8 nitrogen and oxygen atoms in total. The number of aliphatic hydroxyl groups is 1. The molecule has 2 saturated heterocycles. The molecule has 4 heterocycles. The monoisotopic (exact) mass is 514 g/mol. The van der Waals surface area contributed by atoms with Crippen LogP contribution in [0.5, 0.6) is 0 Å². The summed E-state index contributed by atoms with van der Waals surface area (Å²) in [7, 11) is 0. The zero-order chi connectivity index (χ0) is 26.6. The normalized spacial score (nSPS) is 18.6. The molecular weight excluding hydrogens is 476 g/mol. The Bertz CT molecular complexity index is 1240. The Hall–Kier alpha value is -3.52. The number of hydrogen-bond donors (Lipinski definition) is 1. The minimum absolute atomic E-state index is 0.0470. The maximum atomic E-state index is 13.9. The van der Waals surface area contributed by atoms with Crippen molar-refractivity contribution >= 4 is 17.5 Å². The first-order valence-corrected chi connectivity index (χ1v) is 13.7. The van der Waals surface area contributed by atoms with Gasteiger partial charge in [-0.3, -0.25) is 4.79 Å². The van der Waals surface area contributed by atoms with Crippen molar-refractivity contribution in [1.29, 1.82) is 0 Å². The van der Waals surface area contributed by atoms with Crippen LogP contribution in [0.3, 0.4) is 0 Å². The molecule has 8 heteroatoms. The van der Waals surface area contributed by atoms with Gasteiger partial charge in [0.25, 0.3) is 5.91 Å². The molecule has 0 aliphatic carbocycles. The third-order valence-electron chi connectivity index (χ3n) is 8.26. The minimum Gasteiger partial charge on any atom is -0.394 e. The van der Waals surface area contributed by atoms with Gasteiger partial charge in [0.15, 0.2) is 5.82 Å². The van der Waals surface area contributed by atoms with Crippen LogP contribution < -0.4 is 9.80 Å². The van der Waals surface area contributed by atoms with E-state index in [1.165, 1.54) is 11.1 Å². The van der Waals surface area contributed by atoms with Gasteiger partial charge in [0.2, 0.25) is 0 Å². The number of nitrogens with zero attached hydrogens (tertiary/aromatic N) is 6. The van der Waals surface area contributed by atoms with Crippen molar-refractivity contribution in [2.24, 2.45) is 5.92 Å². The summed E-state index contributed by atoms with van der Waals surface area (Å²) in [5, 5.41) is 18.3. The van der Waals surface area contributed by atoms with Gasteiger partial charge in [0.1, 0.15) is 5.82 Å². The van der Waals surface area contributed by atoms with E-state index >= 15 is 0 Å². The number of anilines is 2. The maximum Gasteiger partial charge on any atom is 0.254 e. The third kappa shape index (κ3) is 5.36. The summed E-state index contributed by atoms with van der Waals surface area (Å²) in [5.74, 6) is 2.44. The number of benzene rings is 1. The lowest BCUT2D eigenvalue weighted by Gasteiger charge is -2.41. The predicted octanol–water partition coefficient (Wildman–Crippen LogP) is 3.58. The molecule has 1 N–H and O–H groups in total. The van der Waals surface area contributed by atoms with Crippen LogP contribution in [0.1, 0.15) is 45.5 Å². The van der Waals surface area contributed by atoms with Gasteiger partial charge in [0.05, 0.1) is 12.6 Å². The molecular formula is C30H38N6O2. The van der Waals surface area contributed by atoms with E-state index < -0.39 is 0 Å². The number of aryl methyl sites for hydroxylation is 2. The Morgan fingerprint density at radius 3 is 2.45 bits per heavy atom. The quantitative estimate of drug-likeness (QED) is 0.538. The van der Waals surface area contributed by atoms with Crippen molar-refractivity contribution in [3.8, 4) is 0 Å². The van der Waals surface area contributed by atoms with Crippen LogP contribution in [-0.4, -0.2) is 76.5 Å². The molecule has 1 aromatic carbocycles. The summed E-state index contributed by atoms with van der Waals surface area (Å²) in [5.41, 5.74) is 5.53. The molecule has 0 radical (unpaired) electrons. The fraction of sp³-hybridized carbons (Fsp3) is 0.467. The van der Waals surface area contributed by atoms with Crippen molar-refractivity contribution in [2.75, 3.05) is 49.1 Å². The number of pyridine rings is 1. The molecule has 3 aromatic rings. The van der Waals surface area contributed by atoms with E-state index in [2.05, 4.69) is 46.1 Å². The number of carbonyl (C=O) groups excluding carboxylic acids is 1. The highest BCUT2D eigenvalue weighted by Gasteiger charge is 2.32. The summed E-state index contributed by atoms with van der Waals surface area (Å²) in [4.78, 5) is 24.7. The molecule has 2 aliphatic heterocycles. The highest BCUT2D eigenvalue weighted by atomic mass is 16.3. The van der Waals surface area contributed by atoms with Crippen LogP contribution in [-0.2, 0) is 6.42 Å². The molecule has 200 valence electrons. The Kier molecular flexibility index (Phi) is 7.88. The van der Waals surface area contributed by atoms with E-state index in [-0.39, 0.29) is 18.6 Å². The van der Waals surface area contributed by atoms with E-state index in [4.69, 9.17) is 0 Å². The van der Waals surface area contributed by atoms with Gasteiger partial charge < -0.3 is 19.8 Å². The summed E-state index contributed by atoms with van der Waals surface area (Å²) < 4.78 is 0. The summed E-state index contributed by atoms with van der Waals surface area (Å²) in [6, 6.07) is 11.8. The van der Waals surface area contributed by atoms with Crippen LogP contribution in [0.15, 0.2) is 48.8 Å². The molecule has 0 spiro atoms. The molecule has 2 aromatic heterocycles. The van der Waals surface area contributed by atoms with Gasteiger partial charge in [-0.2, -0.15) is 5.10 Å². The average molecular weight is 515 g/mol. The Balaban J connectivity index is 1.30. The second-order valence-corrected chi connectivity index (χ2v) is 10.7. The Morgan fingerprint density at radius 2 is 1.76 bits per heavy atom. The van der Waals surface area contributed by atoms with Crippen LogP contribution in [0.2, 0.25) is 0 Å². The van der Waals surface area contributed by atoms with Gasteiger partial charge in [0, 0.05) is 50.7 Å². The average Bonchev–Trinajstić information content (AvgIpc) is 2.96. The standard InChI is InChI=1S/C30H38N6O2/c1-21-17-22(2)29(30(38)35-15-16-36(25(19-35)20-37)28-8-6-12-32-33-28)23(3)26(21)18-24-9-13-34(14-10-24)27-7-4-5-11-31-27/h4-8,11-12,17,24-25,37H,9-10,13-16,18-20H2,1-3H3/t25-/m0/s1. The zero-order valence-electron chi connectivity index (χ0n) is 22.7. The van der Waals surface area contributed by atoms with Crippen molar-refractivity contribution < 1.29 is 9.90 Å². The number of hydrogen-bond acceptors (Lipinski definition) is 7. The number of piperidine rings is 1. The molecule has 0 saturated carbocycles. The van der Waals surface area contributed by atoms with Crippen LogP contribution in [0, 0.1) is 26.7 Å². The molecule has 0 bridgehead atoms. The Morgan fingerprint density at radius 1 is 0.974 bits per heavy atom. The molecule has 2 fully saturated rings. The zero-order valence-corrected chi connectivity index (χ0v) is 22.7.